The van der Waals surface area contributed by atoms with Crippen molar-refractivity contribution in [3.63, 3.8) is 0 Å². The van der Waals surface area contributed by atoms with Crippen LogP contribution >= 0.6 is 0 Å². The molecule has 4 N–H and O–H groups in total. The summed E-state index contributed by atoms with van der Waals surface area (Å²) in [5.74, 6) is -0.172. The maximum absolute atomic E-state index is 12.1. The second kappa shape index (κ2) is 7.66. The predicted octanol–water partition coefficient (Wildman–Crippen LogP) is 2.30. The summed E-state index contributed by atoms with van der Waals surface area (Å²) in [5.41, 5.74) is 7.32. The van der Waals surface area contributed by atoms with Gasteiger partial charge >= 0.3 is 6.03 Å². The fourth-order valence-corrected chi connectivity index (χ4v) is 2.57. The number of nitrogens with two attached hydrogens (primary N) is 1. The number of nitrogens with zero attached hydrogens (tertiary/aromatic N) is 1. The highest BCUT2D eigenvalue weighted by atomic mass is 16.2. The summed E-state index contributed by atoms with van der Waals surface area (Å²) in [6, 6.07) is 6.87. The first-order valence-corrected chi connectivity index (χ1v) is 8.45. The second-order valence-electron chi connectivity index (χ2n) is 7.39. The highest BCUT2D eigenvalue weighted by Gasteiger charge is 2.27. The van der Waals surface area contributed by atoms with Gasteiger partial charge in [0.1, 0.15) is 0 Å². The molecule has 1 saturated heterocycles. The number of anilines is 1. The molecule has 0 unspecified atom stereocenters. The van der Waals surface area contributed by atoms with E-state index in [0.29, 0.717) is 6.54 Å². The summed E-state index contributed by atoms with van der Waals surface area (Å²) >= 11 is 0. The van der Waals surface area contributed by atoms with E-state index in [2.05, 4.69) is 10.6 Å². The van der Waals surface area contributed by atoms with Gasteiger partial charge in [0.15, 0.2) is 0 Å². The highest BCUT2D eigenvalue weighted by molar-refractivity contribution is 5.89. The van der Waals surface area contributed by atoms with Gasteiger partial charge in [-0.15, -0.1) is 0 Å². The van der Waals surface area contributed by atoms with Crippen LogP contribution in [0.1, 0.15) is 39.2 Å². The zero-order valence-electron chi connectivity index (χ0n) is 14.8. The molecule has 132 valence electrons. The number of rotatable bonds is 4. The quantitative estimate of drug-likeness (QED) is 0.790. The van der Waals surface area contributed by atoms with Crippen molar-refractivity contribution in [2.75, 3.05) is 18.4 Å². The number of amides is 3. The summed E-state index contributed by atoms with van der Waals surface area (Å²) in [4.78, 5) is 26.0. The average Bonchev–Trinajstić information content (AvgIpc) is 3.06. The van der Waals surface area contributed by atoms with Crippen molar-refractivity contribution in [3.05, 3.63) is 29.8 Å². The van der Waals surface area contributed by atoms with E-state index in [0.717, 1.165) is 37.2 Å². The third kappa shape index (κ3) is 4.96. The zero-order valence-corrected chi connectivity index (χ0v) is 14.8. The maximum atomic E-state index is 12.1. The van der Waals surface area contributed by atoms with Crippen LogP contribution in [0.25, 0.3) is 0 Å². The molecule has 1 heterocycles. The number of hydrogen-bond acceptors (Lipinski definition) is 3. The van der Waals surface area contributed by atoms with Gasteiger partial charge < -0.3 is 21.3 Å². The third-order valence-electron chi connectivity index (χ3n) is 4.25. The first-order chi connectivity index (χ1) is 11.3. The minimum absolute atomic E-state index is 0.0663. The van der Waals surface area contributed by atoms with Gasteiger partial charge in [0, 0.05) is 25.3 Å². The van der Waals surface area contributed by atoms with Gasteiger partial charge in [-0.25, -0.2) is 4.79 Å². The Bertz CT molecular complexity index is 589. The molecule has 1 aliphatic rings. The molecular weight excluding hydrogens is 304 g/mol. The predicted molar refractivity (Wildman–Crippen MR) is 95.5 cm³/mol. The Kier molecular flexibility index (Phi) is 5.83. The van der Waals surface area contributed by atoms with Crippen molar-refractivity contribution < 1.29 is 9.59 Å². The molecular formula is C18H28N4O2. The van der Waals surface area contributed by atoms with E-state index in [-0.39, 0.29) is 17.4 Å². The minimum Gasteiger partial charge on any atom is -0.351 e. The number of urea groups is 1. The molecule has 1 aromatic carbocycles. The number of carbonyl (C=O) groups is 2. The number of carbonyl (C=O) groups excluding carboxylic acids is 2. The molecule has 0 spiro atoms. The van der Waals surface area contributed by atoms with Crippen molar-refractivity contribution >= 4 is 17.6 Å². The molecule has 1 aliphatic heterocycles. The summed E-state index contributed by atoms with van der Waals surface area (Å²) < 4.78 is 0. The lowest BCUT2D eigenvalue weighted by atomic mass is 9.87. The zero-order chi connectivity index (χ0) is 17.7. The fourth-order valence-electron chi connectivity index (χ4n) is 2.57. The molecule has 1 fully saturated rings. The first-order valence-electron chi connectivity index (χ1n) is 8.45. The summed E-state index contributed by atoms with van der Waals surface area (Å²) in [6.45, 7) is 7.82. The van der Waals surface area contributed by atoms with E-state index in [9.17, 15) is 9.59 Å². The van der Waals surface area contributed by atoms with E-state index in [4.69, 9.17) is 5.73 Å². The average molecular weight is 332 g/mol. The van der Waals surface area contributed by atoms with E-state index in [1.54, 1.807) is 0 Å². The Labute approximate surface area is 143 Å². The first kappa shape index (κ1) is 18.3. The lowest BCUT2D eigenvalue weighted by Crippen LogP contribution is -2.48. The van der Waals surface area contributed by atoms with Crippen molar-refractivity contribution in [1.29, 1.82) is 0 Å². The van der Waals surface area contributed by atoms with Crippen LogP contribution in [0, 0.1) is 5.41 Å². The second-order valence-corrected chi connectivity index (χ2v) is 7.39. The van der Waals surface area contributed by atoms with E-state index in [1.807, 2.05) is 49.9 Å². The molecule has 0 saturated carbocycles. The normalized spacial score (nSPS) is 15.9. The van der Waals surface area contributed by atoms with Crippen LogP contribution in [0.4, 0.5) is 10.5 Å². The van der Waals surface area contributed by atoms with Crippen LogP contribution in [0.15, 0.2) is 24.3 Å². The van der Waals surface area contributed by atoms with Gasteiger partial charge in [0.05, 0.1) is 6.04 Å². The van der Waals surface area contributed by atoms with Gasteiger partial charge in [0.2, 0.25) is 5.91 Å². The van der Waals surface area contributed by atoms with Crippen molar-refractivity contribution in [3.8, 4) is 0 Å². The number of nitrogens with one attached hydrogen (secondary N) is 2. The Balaban J connectivity index is 1.90. The molecule has 0 bridgehead atoms. The van der Waals surface area contributed by atoms with Crippen LogP contribution in [-0.2, 0) is 11.3 Å². The molecule has 24 heavy (non-hydrogen) atoms. The molecule has 6 heteroatoms. The number of benzene rings is 1. The summed E-state index contributed by atoms with van der Waals surface area (Å²) in [5, 5.41) is 5.76. The Morgan fingerprint density at radius 3 is 2.54 bits per heavy atom. The lowest BCUT2D eigenvalue weighted by molar-refractivity contribution is -0.124. The lowest BCUT2D eigenvalue weighted by Gasteiger charge is -2.25. The van der Waals surface area contributed by atoms with Gasteiger partial charge in [-0.2, -0.15) is 0 Å². The number of likely N-dealkylation sites (tertiary alicyclic amines) is 1. The largest absolute Gasteiger partial charge is 0.351 e. The van der Waals surface area contributed by atoms with E-state index in [1.165, 1.54) is 0 Å². The molecule has 2 rings (SSSR count). The smallest absolute Gasteiger partial charge is 0.321 e. The third-order valence-corrected chi connectivity index (χ3v) is 4.25. The van der Waals surface area contributed by atoms with Gasteiger partial charge in [-0.3, -0.25) is 4.79 Å². The molecule has 0 aliphatic carbocycles. The molecule has 3 amide bonds. The molecule has 1 atom stereocenters. The van der Waals surface area contributed by atoms with Crippen molar-refractivity contribution in [2.45, 2.75) is 46.2 Å². The monoisotopic (exact) mass is 332 g/mol. The molecule has 0 radical (unpaired) electrons. The van der Waals surface area contributed by atoms with Crippen LogP contribution in [0.2, 0.25) is 0 Å². The van der Waals surface area contributed by atoms with Crippen LogP contribution in [0.5, 0.6) is 0 Å². The Hall–Kier alpha value is -2.08. The SMILES string of the molecule is CC(C)(C)[C@H](N)C(=O)NCc1cccc(NC(=O)N2CCCC2)c1. The maximum Gasteiger partial charge on any atom is 0.321 e. The van der Waals surface area contributed by atoms with Crippen LogP contribution in [-0.4, -0.2) is 36.0 Å². The van der Waals surface area contributed by atoms with Gasteiger partial charge in [-0.1, -0.05) is 32.9 Å². The van der Waals surface area contributed by atoms with Crippen LogP contribution in [0.3, 0.4) is 0 Å². The number of hydrogen-bond donors (Lipinski definition) is 3. The van der Waals surface area contributed by atoms with E-state index >= 15 is 0 Å². The van der Waals surface area contributed by atoms with Gasteiger partial charge in [-0.05, 0) is 36.0 Å². The Morgan fingerprint density at radius 1 is 1.25 bits per heavy atom. The Morgan fingerprint density at radius 2 is 1.92 bits per heavy atom. The van der Waals surface area contributed by atoms with Crippen molar-refractivity contribution in [2.24, 2.45) is 11.1 Å². The fraction of sp³-hybridized carbons (Fsp3) is 0.556. The standard InChI is InChI=1S/C18H28N4O2/c1-18(2,3)15(19)16(23)20-12-13-7-6-8-14(11-13)21-17(24)22-9-4-5-10-22/h6-8,11,15H,4-5,9-10,12,19H2,1-3H3,(H,20,23)(H,21,24)/t15-/m1/s1. The minimum atomic E-state index is -0.560. The van der Waals surface area contributed by atoms with Crippen LogP contribution < -0.4 is 16.4 Å². The topological polar surface area (TPSA) is 87.5 Å². The molecule has 0 aromatic heterocycles. The van der Waals surface area contributed by atoms with Crippen molar-refractivity contribution in [1.82, 2.24) is 10.2 Å². The molecule has 6 nitrogen and oxygen atoms in total. The van der Waals surface area contributed by atoms with Gasteiger partial charge in [0.25, 0.3) is 0 Å². The molecule has 1 aromatic rings. The highest BCUT2D eigenvalue weighted by Crippen LogP contribution is 2.18. The summed E-state index contributed by atoms with van der Waals surface area (Å²) in [7, 11) is 0. The summed E-state index contributed by atoms with van der Waals surface area (Å²) in [6.07, 6.45) is 2.13. The van der Waals surface area contributed by atoms with E-state index < -0.39 is 6.04 Å².